The van der Waals surface area contributed by atoms with Crippen molar-refractivity contribution in [3.05, 3.63) is 29.8 Å². The Morgan fingerprint density at radius 3 is 2.50 bits per heavy atom. The maximum atomic E-state index is 11.4. The summed E-state index contributed by atoms with van der Waals surface area (Å²) in [5.74, 6) is 0. The van der Waals surface area contributed by atoms with Crippen molar-refractivity contribution >= 4 is 11.7 Å². The SMILES string of the molecule is C[C@@H](N)c1ccc(NC(=O)NC2CC2)cc1. The van der Waals surface area contributed by atoms with Crippen molar-refractivity contribution in [3.63, 3.8) is 0 Å². The van der Waals surface area contributed by atoms with Gasteiger partial charge in [-0.25, -0.2) is 4.79 Å². The van der Waals surface area contributed by atoms with Gasteiger partial charge in [0, 0.05) is 17.8 Å². The Kier molecular flexibility index (Phi) is 3.10. The van der Waals surface area contributed by atoms with E-state index in [1.54, 1.807) is 0 Å². The van der Waals surface area contributed by atoms with Crippen molar-refractivity contribution in [1.29, 1.82) is 0 Å². The third kappa shape index (κ3) is 2.97. The van der Waals surface area contributed by atoms with E-state index in [0.717, 1.165) is 24.1 Å². The molecular weight excluding hydrogens is 202 g/mol. The van der Waals surface area contributed by atoms with Crippen molar-refractivity contribution in [2.24, 2.45) is 5.73 Å². The summed E-state index contributed by atoms with van der Waals surface area (Å²) in [4.78, 5) is 11.4. The number of benzene rings is 1. The third-order valence-electron chi connectivity index (χ3n) is 2.61. The van der Waals surface area contributed by atoms with Crippen molar-refractivity contribution in [3.8, 4) is 0 Å². The molecule has 86 valence electrons. The van der Waals surface area contributed by atoms with E-state index in [2.05, 4.69) is 10.6 Å². The molecule has 0 bridgehead atoms. The Bertz CT molecular complexity index is 368. The maximum absolute atomic E-state index is 11.4. The van der Waals surface area contributed by atoms with E-state index < -0.39 is 0 Å². The number of hydrogen-bond donors (Lipinski definition) is 3. The lowest BCUT2D eigenvalue weighted by atomic mass is 10.1. The van der Waals surface area contributed by atoms with Gasteiger partial charge < -0.3 is 16.4 Å². The molecule has 1 fully saturated rings. The van der Waals surface area contributed by atoms with E-state index in [0.29, 0.717) is 6.04 Å². The van der Waals surface area contributed by atoms with Crippen LogP contribution in [0.2, 0.25) is 0 Å². The molecule has 0 radical (unpaired) electrons. The van der Waals surface area contributed by atoms with E-state index >= 15 is 0 Å². The zero-order valence-corrected chi connectivity index (χ0v) is 9.36. The molecule has 4 heteroatoms. The van der Waals surface area contributed by atoms with Crippen LogP contribution in [0.15, 0.2) is 24.3 Å². The summed E-state index contributed by atoms with van der Waals surface area (Å²) in [6.45, 7) is 1.93. The normalized spacial score (nSPS) is 16.6. The lowest BCUT2D eigenvalue weighted by molar-refractivity contribution is 0.251. The monoisotopic (exact) mass is 219 g/mol. The first-order valence-electron chi connectivity index (χ1n) is 5.58. The lowest BCUT2D eigenvalue weighted by Gasteiger charge is -2.09. The molecule has 1 atom stereocenters. The average molecular weight is 219 g/mol. The summed E-state index contributed by atoms with van der Waals surface area (Å²) in [5.41, 5.74) is 7.60. The number of rotatable bonds is 3. The van der Waals surface area contributed by atoms with E-state index in [-0.39, 0.29) is 12.1 Å². The second-order valence-corrected chi connectivity index (χ2v) is 4.28. The van der Waals surface area contributed by atoms with Crippen LogP contribution in [0.3, 0.4) is 0 Å². The molecule has 1 aromatic carbocycles. The molecule has 0 unspecified atom stereocenters. The van der Waals surface area contributed by atoms with E-state index in [1.165, 1.54) is 0 Å². The van der Waals surface area contributed by atoms with Crippen LogP contribution in [0, 0.1) is 0 Å². The van der Waals surface area contributed by atoms with Crippen molar-refractivity contribution in [1.82, 2.24) is 5.32 Å². The van der Waals surface area contributed by atoms with Crippen molar-refractivity contribution in [2.45, 2.75) is 31.8 Å². The Balaban J connectivity index is 1.90. The number of carbonyl (C=O) groups is 1. The first kappa shape index (κ1) is 11.0. The van der Waals surface area contributed by atoms with Crippen LogP contribution in [0.5, 0.6) is 0 Å². The summed E-state index contributed by atoms with van der Waals surface area (Å²) in [6.07, 6.45) is 2.19. The predicted molar refractivity (Wildman–Crippen MR) is 64.2 cm³/mol. The molecule has 0 spiro atoms. The predicted octanol–water partition coefficient (Wildman–Crippen LogP) is 1.99. The van der Waals surface area contributed by atoms with E-state index in [4.69, 9.17) is 5.73 Å². The average Bonchev–Trinajstić information content (AvgIpc) is 3.02. The molecule has 1 aliphatic carbocycles. The zero-order chi connectivity index (χ0) is 11.5. The molecule has 2 rings (SSSR count). The molecule has 1 aromatic rings. The molecule has 2 amide bonds. The van der Waals surface area contributed by atoms with Gasteiger partial charge in [-0.1, -0.05) is 12.1 Å². The Labute approximate surface area is 95.2 Å². The van der Waals surface area contributed by atoms with Crippen LogP contribution in [0.1, 0.15) is 31.4 Å². The summed E-state index contributed by atoms with van der Waals surface area (Å²) in [7, 11) is 0. The molecule has 4 nitrogen and oxygen atoms in total. The van der Waals surface area contributed by atoms with Gasteiger partial charge in [-0.2, -0.15) is 0 Å². The molecule has 0 aliphatic heterocycles. The van der Waals surface area contributed by atoms with Gasteiger partial charge in [0.15, 0.2) is 0 Å². The molecule has 0 heterocycles. The largest absolute Gasteiger partial charge is 0.335 e. The molecule has 4 N–H and O–H groups in total. The topological polar surface area (TPSA) is 67.1 Å². The van der Waals surface area contributed by atoms with Crippen molar-refractivity contribution < 1.29 is 4.79 Å². The highest BCUT2D eigenvalue weighted by Gasteiger charge is 2.23. The highest BCUT2D eigenvalue weighted by molar-refractivity contribution is 5.89. The fourth-order valence-electron chi connectivity index (χ4n) is 1.45. The van der Waals surface area contributed by atoms with Crippen molar-refractivity contribution in [2.75, 3.05) is 5.32 Å². The van der Waals surface area contributed by atoms with Gasteiger partial charge in [-0.3, -0.25) is 0 Å². The third-order valence-corrected chi connectivity index (χ3v) is 2.61. The van der Waals surface area contributed by atoms with E-state index in [1.807, 2.05) is 31.2 Å². The fourth-order valence-corrected chi connectivity index (χ4v) is 1.45. The van der Waals surface area contributed by atoms with Crippen LogP contribution in [0.25, 0.3) is 0 Å². The number of hydrogen-bond acceptors (Lipinski definition) is 2. The summed E-state index contributed by atoms with van der Waals surface area (Å²) in [5, 5.41) is 5.65. The fraction of sp³-hybridized carbons (Fsp3) is 0.417. The molecular formula is C12H17N3O. The van der Waals surface area contributed by atoms with Gasteiger partial charge in [0.25, 0.3) is 0 Å². The Morgan fingerprint density at radius 2 is 2.00 bits per heavy atom. The maximum Gasteiger partial charge on any atom is 0.319 e. The minimum absolute atomic E-state index is 0.0225. The van der Waals surface area contributed by atoms with Crippen LogP contribution in [-0.4, -0.2) is 12.1 Å². The van der Waals surface area contributed by atoms with Gasteiger partial charge in [0.1, 0.15) is 0 Å². The lowest BCUT2D eigenvalue weighted by Crippen LogP contribution is -2.30. The van der Waals surface area contributed by atoms with Gasteiger partial charge in [-0.05, 0) is 37.5 Å². The second-order valence-electron chi connectivity index (χ2n) is 4.28. The number of anilines is 1. The molecule has 1 aliphatic rings. The number of carbonyl (C=O) groups excluding carboxylic acids is 1. The van der Waals surface area contributed by atoms with Gasteiger partial charge in [-0.15, -0.1) is 0 Å². The van der Waals surface area contributed by atoms with Crippen LogP contribution in [0.4, 0.5) is 10.5 Å². The Hall–Kier alpha value is -1.55. The van der Waals surface area contributed by atoms with Gasteiger partial charge in [0.2, 0.25) is 0 Å². The van der Waals surface area contributed by atoms with Crippen LogP contribution in [-0.2, 0) is 0 Å². The molecule has 16 heavy (non-hydrogen) atoms. The van der Waals surface area contributed by atoms with Crippen LogP contribution < -0.4 is 16.4 Å². The highest BCUT2D eigenvalue weighted by Crippen LogP contribution is 2.19. The van der Waals surface area contributed by atoms with Crippen LogP contribution >= 0.6 is 0 Å². The summed E-state index contributed by atoms with van der Waals surface area (Å²) < 4.78 is 0. The number of urea groups is 1. The smallest absolute Gasteiger partial charge is 0.319 e. The molecule has 0 saturated heterocycles. The standard InChI is InChI=1S/C12H17N3O/c1-8(13)9-2-4-10(5-3-9)14-12(16)15-11-6-7-11/h2-5,8,11H,6-7,13H2,1H3,(H2,14,15,16)/t8-/m1/s1. The van der Waals surface area contributed by atoms with Gasteiger partial charge >= 0.3 is 6.03 Å². The number of nitrogens with two attached hydrogens (primary N) is 1. The second kappa shape index (κ2) is 4.53. The highest BCUT2D eigenvalue weighted by atomic mass is 16.2. The quantitative estimate of drug-likeness (QED) is 0.727. The van der Waals surface area contributed by atoms with E-state index in [9.17, 15) is 4.79 Å². The number of nitrogens with one attached hydrogen (secondary N) is 2. The van der Waals surface area contributed by atoms with Gasteiger partial charge in [0.05, 0.1) is 0 Å². The first-order chi connectivity index (χ1) is 7.65. The minimum atomic E-state index is -0.129. The summed E-state index contributed by atoms with van der Waals surface area (Å²) >= 11 is 0. The Morgan fingerprint density at radius 1 is 1.38 bits per heavy atom. The molecule has 1 saturated carbocycles. The zero-order valence-electron chi connectivity index (χ0n) is 9.36. The summed E-state index contributed by atoms with van der Waals surface area (Å²) in [6, 6.07) is 7.86. The number of amides is 2. The first-order valence-corrected chi connectivity index (χ1v) is 5.58. The minimum Gasteiger partial charge on any atom is -0.335 e. The molecule has 0 aromatic heterocycles.